The van der Waals surface area contributed by atoms with E-state index in [-0.39, 0.29) is 16.2 Å². The lowest BCUT2D eigenvalue weighted by molar-refractivity contribution is 0.480. The number of nitrogens with zero attached hydrogens (tertiary/aromatic N) is 4. The highest BCUT2D eigenvalue weighted by Gasteiger charge is 2.32. The lowest BCUT2D eigenvalue weighted by Gasteiger charge is -2.30. The lowest BCUT2D eigenvalue weighted by atomic mass is 9.78. The Bertz CT molecular complexity index is 3490. The molecule has 5 nitrogen and oxygen atoms in total. The molecule has 3 heterocycles. The summed E-state index contributed by atoms with van der Waals surface area (Å²) in [4.78, 5) is 9.87. The Balaban J connectivity index is 1.03. The van der Waals surface area contributed by atoms with E-state index in [1.165, 1.54) is 44.5 Å². The number of ether oxygens (including phenoxy) is 1. The number of benzene rings is 8. The van der Waals surface area contributed by atoms with Gasteiger partial charge >= 0.3 is 0 Å². The fourth-order valence-corrected chi connectivity index (χ4v) is 10.2. The molecule has 0 fully saturated rings. The number of pyridine rings is 1. The summed E-state index contributed by atoms with van der Waals surface area (Å²) >= 11 is 0. The molecule has 0 atom stereocenters. The van der Waals surface area contributed by atoms with Crippen LogP contribution in [-0.2, 0) is 16.2 Å². The molecule has 0 bridgehead atoms. The van der Waals surface area contributed by atoms with Crippen molar-refractivity contribution in [2.45, 2.75) is 64.7 Å². The predicted molar refractivity (Wildman–Crippen MR) is 288 cm³/mol. The van der Waals surface area contributed by atoms with Gasteiger partial charge in [-0.05, 0) is 117 Å². The zero-order valence-electron chi connectivity index (χ0n) is 40.6. The second-order valence-corrected chi connectivity index (χ2v) is 20.6. The van der Waals surface area contributed by atoms with Crippen LogP contribution in [0.3, 0.4) is 0 Å². The van der Waals surface area contributed by atoms with Gasteiger partial charge in [0.15, 0.2) is 0 Å². The average Bonchev–Trinajstić information content (AvgIpc) is 3.93. The molecule has 5 heteroatoms. The maximum atomic E-state index is 7.14. The molecule has 8 aromatic carbocycles. The van der Waals surface area contributed by atoms with Crippen molar-refractivity contribution in [1.29, 1.82) is 0 Å². The van der Waals surface area contributed by atoms with Crippen LogP contribution in [0.4, 0.5) is 22.7 Å². The molecule has 0 saturated heterocycles. The molecule has 0 radical (unpaired) electrons. The van der Waals surface area contributed by atoms with Crippen molar-refractivity contribution < 1.29 is 4.74 Å². The number of hydrogen-bond acceptors (Lipinski definition) is 4. The Hall–Kier alpha value is -7.89. The molecule has 0 spiro atoms. The summed E-state index contributed by atoms with van der Waals surface area (Å²) in [6, 6.07) is 74.5. The molecular weight excluding hydrogens is 841 g/mol. The third-order valence-corrected chi connectivity index (χ3v) is 14.5. The van der Waals surface area contributed by atoms with E-state index in [1.54, 1.807) is 0 Å². The third kappa shape index (κ3) is 8.02. The first-order valence-corrected chi connectivity index (χ1v) is 24.1. The van der Waals surface area contributed by atoms with Crippen LogP contribution >= 0.6 is 0 Å². The van der Waals surface area contributed by atoms with E-state index < -0.39 is 0 Å². The Kier molecular flexibility index (Phi) is 10.8. The van der Waals surface area contributed by atoms with Crippen molar-refractivity contribution in [3.8, 4) is 28.4 Å². The molecule has 1 aliphatic heterocycles. The van der Waals surface area contributed by atoms with Crippen LogP contribution in [0.25, 0.3) is 38.8 Å². The summed E-state index contributed by atoms with van der Waals surface area (Å²) in [7, 11) is 0. The average molecular weight is 899 g/mol. The van der Waals surface area contributed by atoms with Gasteiger partial charge in [-0.1, -0.05) is 170 Å². The minimum absolute atomic E-state index is 0.0440. The van der Waals surface area contributed by atoms with E-state index in [9.17, 15) is 0 Å². The van der Waals surface area contributed by atoms with E-state index in [1.807, 2.05) is 6.20 Å². The molecule has 340 valence electrons. The molecule has 69 heavy (non-hydrogen) atoms. The molecule has 0 unspecified atom stereocenters. The zero-order chi connectivity index (χ0) is 47.5. The molecular formula is C64H58N4O. The Morgan fingerprint density at radius 1 is 0.406 bits per heavy atom. The molecule has 11 rings (SSSR count). The quantitative estimate of drug-likeness (QED) is 0.137. The predicted octanol–water partition coefficient (Wildman–Crippen LogP) is 16.8. The van der Waals surface area contributed by atoms with E-state index in [0.717, 1.165) is 56.4 Å². The van der Waals surface area contributed by atoms with Crippen LogP contribution in [-0.4, -0.2) is 16.2 Å². The van der Waals surface area contributed by atoms with Crippen LogP contribution in [0.5, 0.6) is 11.5 Å². The van der Waals surface area contributed by atoms with Gasteiger partial charge < -0.3 is 14.5 Å². The number of anilines is 4. The molecule has 10 aromatic rings. The number of rotatable bonds is 10. The van der Waals surface area contributed by atoms with Gasteiger partial charge in [0, 0.05) is 51.3 Å². The third-order valence-electron chi connectivity index (χ3n) is 14.5. The number of para-hydroxylation sites is 2. The molecule has 0 amide bonds. The van der Waals surface area contributed by atoms with Gasteiger partial charge in [-0.25, -0.2) is 4.98 Å². The first-order chi connectivity index (χ1) is 33.3. The van der Waals surface area contributed by atoms with E-state index in [0.29, 0.717) is 6.67 Å². The molecule has 0 saturated carbocycles. The van der Waals surface area contributed by atoms with E-state index >= 15 is 0 Å². The van der Waals surface area contributed by atoms with Gasteiger partial charge in [0.25, 0.3) is 0 Å². The zero-order valence-corrected chi connectivity index (χ0v) is 40.6. The highest BCUT2D eigenvalue weighted by molar-refractivity contribution is 6.10. The number of hydrogen-bond donors (Lipinski definition) is 0. The standard InChI is InChI=1S/C64H58N4O/c1-62(2,3)48-34-35-65-61(40-48)68-57-33-30-45(44-20-11-8-12-21-44)36-56(57)55-32-31-53(42-60(55)68)69-54-39-50(64(6,7)47-24-15-10-16-25-47)38-52(41-54)67-43-66(58-28-17-18-29-59(58)67)51-27-19-26-49(37-51)63(4,5)46-22-13-9-14-23-46/h8-42H,43H2,1-7H3. The van der Waals surface area contributed by atoms with Crippen molar-refractivity contribution in [1.82, 2.24) is 9.55 Å². The summed E-state index contributed by atoms with van der Waals surface area (Å²) in [5.74, 6) is 2.41. The van der Waals surface area contributed by atoms with Gasteiger partial charge in [0.2, 0.25) is 0 Å². The topological polar surface area (TPSA) is 33.5 Å². The Morgan fingerprint density at radius 2 is 1.01 bits per heavy atom. The van der Waals surface area contributed by atoms with Crippen LogP contribution in [0.1, 0.15) is 76.3 Å². The minimum atomic E-state index is -0.331. The van der Waals surface area contributed by atoms with Crippen LogP contribution in [0.2, 0.25) is 0 Å². The van der Waals surface area contributed by atoms with Crippen LogP contribution in [0.15, 0.2) is 212 Å². The second kappa shape index (κ2) is 17.0. The van der Waals surface area contributed by atoms with Crippen molar-refractivity contribution in [2.75, 3.05) is 16.5 Å². The molecule has 0 aliphatic carbocycles. The van der Waals surface area contributed by atoms with Gasteiger partial charge in [-0.2, -0.15) is 0 Å². The second-order valence-electron chi connectivity index (χ2n) is 20.6. The lowest BCUT2D eigenvalue weighted by Crippen LogP contribution is -2.26. The van der Waals surface area contributed by atoms with Gasteiger partial charge in [0.05, 0.1) is 22.4 Å². The van der Waals surface area contributed by atoms with Gasteiger partial charge in [-0.3, -0.25) is 4.57 Å². The van der Waals surface area contributed by atoms with Gasteiger partial charge in [-0.15, -0.1) is 0 Å². The number of aromatic nitrogens is 2. The molecule has 1 aliphatic rings. The number of fused-ring (bicyclic) bond motifs is 4. The monoisotopic (exact) mass is 898 g/mol. The first kappa shape index (κ1) is 43.7. The fourth-order valence-electron chi connectivity index (χ4n) is 10.2. The Labute approximate surface area is 406 Å². The summed E-state index contributed by atoms with van der Waals surface area (Å²) in [5, 5.41) is 2.31. The van der Waals surface area contributed by atoms with Crippen LogP contribution < -0.4 is 14.5 Å². The first-order valence-electron chi connectivity index (χ1n) is 24.1. The fraction of sp³-hybridized carbons (Fsp3) is 0.172. The molecule has 0 N–H and O–H groups in total. The SMILES string of the molecule is CC(C)(C)c1ccnc(-n2c3ccc(-c4ccccc4)cc3c3ccc(Oc4cc(N5CN(c6cccc(C(C)(C)c7ccccc7)c6)c6ccccc65)cc(C(C)(C)c5ccccc5)c4)cc32)c1. The summed E-state index contributed by atoms with van der Waals surface area (Å²) in [5.41, 5.74) is 14.7. The van der Waals surface area contributed by atoms with E-state index in [4.69, 9.17) is 9.72 Å². The summed E-state index contributed by atoms with van der Waals surface area (Å²) in [6.45, 7) is 16.6. The van der Waals surface area contributed by atoms with Crippen molar-refractivity contribution in [3.63, 3.8) is 0 Å². The van der Waals surface area contributed by atoms with Crippen molar-refractivity contribution in [3.05, 3.63) is 240 Å². The maximum Gasteiger partial charge on any atom is 0.137 e. The summed E-state index contributed by atoms with van der Waals surface area (Å²) < 4.78 is 9.44. The smallest absolute Gasteiger partial charge is 0.137 e. The highest BCUT2D eigenvalue weighted by atomic mass is 16.5. The van der Waals surface area contributed by atoms with Crippen molar-refractivity contribution >= 4 is 44.6 Å². The molecule has 2 aromatic heterocycles. The highest BCUT2D eigenvalue weighted by Crippen LogP contribution is 2.48. The minimum Gasteiger partial charge on any atom is -0.457 e. The van der Waals surface area contributed by atoms with E-state index in [2.05, 4.69) is 269 Å². The normalized spacial score (nSPS) is 13.0. The summed E-state index contributed by atoms with van der Waals surface area (Å²) in [6.07, 6.45) is 1.94. The van der Waals surface area contributed by atoms with Crippen LogP contribution in [0, 0.1) is 0 Å². The van der Waals surface area contributed by atoms with Crippen molar-refractivity contribution in [2.24, 2.45) is 0 Å². The largest absolute Gasteiger partial charge is 0.457 e. The van der Waals surface area contributed by atoms with Gasteiger partial charge in [0.1, 0.15) is 24.0 Å². The Morgan fingerprint density at radius 3 is 1.70 bits per heavy atom. The maximum absolute atomic E-state index is 7.14.